The molecule has 21 heavy (non-hydrogen) atoms. The van der Waals surface area contributed by atoms with Crippen molar-refractivity contribution in [2.24, 2.45) is 0 Å². The van der Waals surface area contributed by atoms with Crippen LogP contribution in [0.2, 0.25) is 0 Å². The van der Waals surface area contributed by atoms with Crippen molar-refractivity contribution >= 4 is 5.82 Å². The van der Waals surface area contributed by atoms with Gasteiger partial charge in [0.2, 0.25) is 0 Å². The van der Waals surface area contributed by atoms with Crippen LogP contribution in [-0.4, -0.2) is 17.2 Å². The number of aromatic nitrogens is 1. The van der Waals surface area contributed by atoms with Crippen LogP contribution in [0.3, 0.4) is 0 Å². The van der Waals surface area contributed by atoms with Gasteiger partial charge in [-0.25, -0.2) is 0 Å². The van der Waals surface area contributed by atoms with Crippen molar-refractivity contribution in [2.75, 3.05) is 12.8 Å². The number of aromatic hydroxyl groups is 1. The van der Waals surface area contributed by atoms with Crippen LogP contribution in [0.1, 0.15) is 11.1 Å². The minimum atomic E-state index is -0.695. The van der Waals surface area contributed by atoms with E-state index in [1.165, 1.54) is 25.3 Å². The number of hydrogen-bond donors (Lipinski definition) is 3. The Morgan fingerprint density at radius 2 is 1.95 bits per heavy atom. The van der Waals surface area contributed by atoms with E-state index in [4.69, 9.17) is 10.5 Å². The smallest absolute Gasteiger partial charge is 0.268 e. The van der Waals surface area contributed by atoms with Gasteiger partial charge in [0.25, 0.3) is 5.56 Å². The molecule has 0 saturated heterocycles. The zero-order valence-electron chi connectivity index (χ0n) is 11.0. The summed E-state index contributed by atoms with van der Waals surface area (Å²) in [6.07, 6.45) is 0. The number of nitrogens with two attached hydrogens (primary N) is 1. The number of aromatic amines is 1. The number of anilines is 1. The Kier molecular flexibility index (Phi) is 3.51. The maximum Gasteiger partial charge on any atom is 0.268 e. The van der Waals surface area contributed by atoms with Gasteiger partial charge >= 0.3 is 0 Å². The standard InChI is InChI=1S/C14H10N4O3/c1-21-11-4-7(19)2-3-8(11)12-9(5-15)13(17)18-14(20)10(12)6-16/h2-4,19H,1H3,(H3,17,18,20). The summed E-state index contributed by atoms with van der Waals surface area (Å²) in [7, 11) is 1.37. The van der Waals surface area contributed by atoms with Crippen LogP contribution in [0.4, 0.5) is 5.82 Å². The van der Waals surface area contributed by atoms with E-state index in [-0.39, 0.29) is 34.0 Å². The highest BCUT2D eigenvalue weighted by Crippen LogP contribution is 2.36. The van der Waals surface area contributed by atoms with Gasteiger partial charge in [0.05, 0.1) is 7.11 Å². The molecular formula is C14H10N4O3. The molecule has 0 bridgehead atoms. The number of phenolic OH excluding ortho intramolecular Hbond substituents is 1. The van der Waals surface area contributed by atoms with Crippen molar-refractivity contribution in [3.8, 4) is 34.8 Å². The Balaban J connectivity index is 2.97. The molecule has 2 rings (SSSR count). The summed E-state index contributed by atoms with van der Waals surface area (Å²) in [4.78, 5) is 14.1. The second-order valence-electron chi connectivity index (χ2n) is 4.10. The van der Waals surface area contributed by atoms with Gasteiger partial charge in [-0.1, -0.05) is 0 Å². The van der Waals surface area contributed by atoms with Crippen molar-refractivity contribution in [1.82, 2.24) is 4.98 Å². The van der Waals surface area contributed by atoms with Crippen molar-refractivity contribution in [3.63, 3.8) is 0 Å². The molecule has 1 heterocycles. The number of phenols is 1. The molecule has 0 unspecified atom stereocenters. The van der Waals surface area contributed by atoms with Gasteiger partial charge in [0.15, 0.2) is 0 Å². The molecule has 1 aromatic heterocycles. The molecule has 0 saturated carbocycles. The third-order valence-electron chi connectivity index (χ3n) is 2.92. The van der Waals surface area contributed by atoms with Crippen LogP contribution in [-0.2, 0) is 0 Å². The molecule has 0 fully saturated rings. The van der Waals surface area contributed by atoms with Gasteiger partial charge in [-0.3, -0.25) is 4.79 Å². The number of hydrogen-bond acceptors (Lipinski definition) is 6. The fraction of sp³-hybridized carbons (Fsp3) is 0.0714. The van der Waals surface area contributed by atoms with E-state index in [2.05, 4.69) is 4.98 Å². The number of methoxy groups -OCH3 is 1. The second kappa shape index (κ2) is 5.27. The molecular weight excluding hydrogens is 272 g/mol. The highest BCUT2D eigenvalue weighted by Gasteiger charge is 2.21. The molecule has 0 spiro atoms. The van der Waals surface area contributed by atoms with Gasteiger partial charge in [-0.15, -0.1) is 0 Å². The molecule has 4 N–H and O–H groups in total. The fourth-order valence-electron chi connectivity index (χ4n) is 2.00. The predicted molar refractivity (Wildman–Crippen MR) is 74.6 cm³/mol. The average Bonchev–Trinajstić information content (AvgIpc) is 2.46. The Hall–Kier alpha value is -3.45. The summed E-state index contributed by atoms with van der Waals surface area (Å²) in [5.74, 6) is 0.0325. The predicted octanol–water partition coefficient (Wildman–Crippen LogP) is 1.08. The first-order valence-electron chi connectivity index (χ1n) is 5.76. The minimum absolute atomic E-state index is 0.0323. The second-order valence-corrected chi connectivity index (χ2v) is 4.10. The average molecular weight is 282 g/mol. The quantitative estimate of drug-likeness (QED) is 0.754. The number of rotatable bonds is 2. The van der Waals surface area contributed by atoms with Crippen LogP contribution in [0, 0.1) is 22.7 Å². The summed E-state index contributed by atoms with van der Waals surface area (Å²) >= 11 is 0. The normalized spacial score (nSPS) is 9.67. The van der Waals surface area contributed by atoms with Gasteiger partial charge in [-0.05, 0) is 12.1 Å². The fourth-order valence-corrected chi connectivity index (χ4v) is 2.00. The van der Waals surface area contributed by atoms with E-state index in [1.54, 1.807) is 6.07 Å². The van der Waals surface area contributed by atoms with E-state index in [0.29, 0.717) is 5.56 Å². The van der Waals surface area contributed by atoms with E-state index >= 15 is 0 Å². The van der Waals surface area contributed by atoms with Crippen molar-refractivity contribution in [2.45, 2.75) is 0 Å². The van der Waals surface area contributed by atoms with E-state index in [1.807, 2.05) is 6.07 Å². The monoisotopic (exact) mass is 282 g/mol. The van der Waals surface area contributed by atoms with Gasteiger partial charge < -0.3 is 20.6 Å². The SMILES string of the molecule is COc1cc(O)ccc1-c1c(C#N)c(N)[nH]c(=O)c1C#N. The molecule has 104 valence electrons. The topological polar surface area (TPSA) is 136 Å². The molecule has 0 atom stereocenters. The summed E-state index contributed by atoms with van der Waals surface area (Å²) in [5, 5.41) is 27.9. The minimum Gasteiger partial charge on any atom is -0.508 e. The number of benzene rings is 1. The van der Waals surface area contributed by atoms with Crippen LogP contribution < -0.4 is 16.0 Å². The van der Waals surface area contributed by atoms with E-state index in [9.17, 15) is 20.4 Å². The largest absolute Gasteiger partial charge is 0.508 e. The van der Waals surface area contributed by atoms with Crippen molar-refractivity contribution in [1.29, 1.82) is 10.5 Å². The Morgan fingerprint density at radius 3 is 2.52 bits per heavy atom. The van der Waals surface area contributed by atoms with E-state index in [0.717, 1.165) is 0 Å². The first-order valence-corrected chi connectivity index (χ1v) is 5.76. The zero-order chi connectivity index (χ0) is 15.6. The number of pyridine rings is 1. The molecule has 0 aliphatic heterocycles. The third kappa shape index (κ3) is 2.24. The lowest BCUT2D eigenvalue weighted by molar-refractivity contribution is 0.409. The highest BCUT2D eigenvalue weighted by atomic mass is 16.5. The van der Waals surface area contributed by atoms with Crippen LogP contribution in [0.15, 0.2) is 23.0 Å². The molecule has 2 aromatic rings. The van der Waals surface area contributed by atoms with Gasteiger partial charge in [0.1, 0.15) is 40.6 Å². The number of nitrogen functional groups attached to an aromatic ring is 1. The Bertz CT molecular complexity index is 856. The van der Waals surface area contributed by atoms with Gasteiger partial charge in [-0.2, -0.15) is 10.5 Å². The molecule has 1 aromatic carbocycles. The maximum absolute atomic E-state index is 11.8. The molecule has 7 heteroatoms. The number of nitrogens with one attached hydrogen (secondary N) is 1. The summed E-state index contributed by atoms with van der Waals surface area (Å²) in [6.45, 7) is 0. The molecule has 0 amide bonds. The summed E-state index contributed by atoms with van der Waals surface area (Å²) in [6, 6.07) is 7.75. The highest BCUT2D eigenvalue weighted by molar-refractivity contribution is 5.83. The lowest BCUT2D eigenvalue weighted by Crippen LogP contribution is -2.16. The summed E-state index contributed by atoms with van der Waals surface area (Å²) in [5.41, 5.74) is 5.07. The zero-order valence-corrected chi connectivity index (χ0v) is 11.0. The maximum atomic E-state index is 11.8. The number of nitrogens with zero attached hydrogens (tertiary/aromatic N) is 2. The Labute approximate surface area is 119 Å². The van der Waals surface area contributed by atoms with Crippen molar-refractivity contribution < 1.29 is 9.84 Å². The first-order chi connectivity index (χ1) is 10.0. The molecule has 0 aliphatic rings. The van der Waals surface area contributed by atoms with Crippen LogP contribution in [0.5, 0.6) is 11.5 Å². The molecule has 0 aliphatic carbocycles. The summed E-state index contributed by atoms with van der Waals surface area (Å²) < 4.78 is 5.13. The Morgan fingerprint density at radius 1 is 1.29 bits per heavy atom. The third-order valence-corrected chi connectivity index (χ3v) is 2.92. The number of nitriles is 2. The molecule has 7 nitrogen and oxygen atoms in total. The number of H-pyrrole nitrogens is 1. The van der Waals surface area contributed by atoms with Crippen LogP contribution in [0.25, 0.3) is 11.1 Å². The van der Waals surface area contributed by atoms with E-state index < -0.39 is 5.56 Å². The van der Waals surface area contributed by atoms with Crippen LogP contribution >= 0.6 is 0 Å². The van der Waals surface area contributed by atoms with Gasteiger partial charge in [0, 0.05) is 17.2 Å². The lowest BCUT2D eigenvalue weighted by Gasteiger charge is -2.12. The molecule has 0 radical (unpaired) electrons. The lowest BCUT2D eigenvalue weighted by atomic mass is 9.96. The first kappa shape index (κ1) is 14.0. The van der Waals surface area contributed by atoms with Crippen molar-refractivity contribution in [3.05, 3.63) is 39.7 Å². The number of ether oxygens (including phenoxy) is 1.